The molecular formula is C20H30N2. The van der Waals surface area contributed by atoms with Crippen LogP contribution in [0.3, 0.4) is 0 Å². The summed E-state index contributed by atoms with van der Waals surface area (Å²) in [5.41, 5.74) is 5.10. The first-order valence-corrected chi connectivity index (χ1v) is 8.36. The van der Waals surface area contributed by atoms with Crippen LogP contribution in [0.5, 0.6) is 0 Å². The van der Waals surface area contributed by atoms with Crippen LogP contribution in [0.4, 0.5) is 0 Å². The highest BCUT2D eigenvalue weighted by atomic mass is 14.9. The third kappa shape index (κ3) is 3.67. The molecule has 2 heteroatoms. The van der Waals surface area contributed by atoms with E-state index in [1.54, 1.807) is 0 Å². The van der Waals surface area contributed by atoms with Gasteiger partial charge in [0.2, 0.25) is 0 Å². The maximum atomic E-state index is 5.03. The quantitative estimate of drug-likeness (QED) is 0.844. The molecule has 0 unspecified atom stereocenters. The monoisotopic (exact) mass is 298 g/mol. The lowest BCUT2D eigenvalue weighted by Gasteiger charge is -2.22. The minimum absolute atomic E-state index is 0.0604. The number of nitrogens with one attached hydrogen (secondary N) is 1. The van der Waals surface area contributed by atoms with E-state index in [4.69, 9.17) is 4.98 Å². The number of hydrogen-bond donors (Lipinski definition) is 1. The van der Waals surface area contributed by atoms with Gasteiger partial charge in [0.1, 0.15) is 0 Å². The van der Waals surface area contributed by atoms with Gasteiger partial charge in [-0.3, -0.25) is 4.98 Å². The second kappa shape index (κ2) is 6.37. The van der Waals surface area contributed by atoms with Crippen molar-refractivity contribution in [1.29, 1.82) is 0 Å². The van der Waals surface area contributed by atoms with Crippen LogP contribution in [0, 0.1) is 0 Å². The van der Waals surface area contributed by atoms with Crippen molar-refractivity contribution in [2.75, 3.05) is 0 Å². The highest BCUT2D eigenvalue weighted by Gasteiger charge is 2.19. The van der Waals surface area contributed by atoms with Crippen LogP contribution in [0.15, 0.2) is 24.3 Å². The van der Waals surface area contributed by atoms with E-state index in [9.17, 15) is 0 Å². The average Bonchev–Trinajstić information content (AvgIpc) is 2.42. The smallest absolute Gasteiger partial charge is 0.0743 e. The standard InChI is InChI=1S/C20H30N2/c1-13(2)16-9-8-10-17-15(12-21-14(3)4)11-18(20(5,6)7)22-19(16)17/h8-11,13-14,21H,12H2,1-7H3. The Bertz CT molecular complexity index is 649. The summed E-state index contributed by atoms with van der Waals surface area (Å²) in [5.74, 6) is 0.484. The Kier molecular flexibility index (Phi) is 4.91. The van der Waals surface area contributed by atoms with Crippen LogP contribution in [-0.2, 0) is 12.0 Å². The number of rotatable bonds is 4. The molecule has 120 valence electrons. The fraction of sp³-hybridized carbons (Fsp3) is 0.550. The minimum Gasteiger partial charge on any atom is -0.310 e. The molecule has 0 bridgehead atoms. The van der Waals surface area contributed by atoms with Gasteiger partial charge in [-0.1, -0.05) is 66.7 Å². The number of para-hydroxylation sites is 1. The molecule has 0 aliphatic heterocycles. The lowest BCUT2D eigenvalue weighted by molar-refractivity contribution is 0.564. The maximum absolute atomic E-state index is 5.03. The molecule has 1 aromatic carbocycles. The molecule has 2 nitrogen and oxygen atoms in total. The summed E-state index contributed by atoms with van der Waals surface area (Å²) < 4.78 is 0. The van der Waals surface area contributed by atoms with Gasteiger partial charge in [0.05, 0.1) is 5.52 Å². The second-order valence-electron chi connectivity index (χ2n) is 7.85. The Morgan fingerprint density at radius 1 is 1.09 bits per heavy atom. The van der Waals surface area contributed by atoms with Crippen molar-refractivity contribution in [3.63, 3.8) is 0 Å². The maximum Gasteiger partial charge on any atom is 0.0743 e. The van der Waals surface area contributed by atoms with Crippen molar-refractivity contribution in [1.82, 2.24) is 10.3 Å². The zero-order valence-electron chi connectivity index (χ0n) is 15.1. The van der Waals surface area contributed by atoms with E-state index in [1.165, 1.54) is 27.7 Å². The Balaban J connectivity index is 2.67. The lowest BCUT2D eigenvalue weighted by Crippen LogP contribution is -2.23. The first-order valence-electron chi connectivity index (χ1n) is 8.36. The average molecular weight is 298 g/mol. The third-order valence-corrected chi connectivity index (χ3v) is 4.05. The normalized spacial score (nSPS) is 12.6. The van der Waals surface area contributed by atoms with Gasteiger partial charge in [-0.2, -0.15) is 0 Å². The van der Waals surface area contributed by atoms with Gasteiger partial charge in [-0.15, -0.1) is 0 Å². The van der Waals surface area contributed by atoms with Crippen LogP contribution in [-0.4, -0.2) is 11.0 Å². The zero-order valence-corrected chi connectivity index (χ0v) is 15.1. The number of benzene rings is 1. The summed E-state index contributed by atoms with van der Waals surface area (Å²) in [4.78, 5) is 5.03. The Hall–Kier alpha value is -1.41. The summed E-state index contributed by atoms with van der Waals surface area (Å²) in [6.07, 6.45) is 0. The van der Waals surface area contributed by atoms with E-state index in [-0.39, 0.29) is 5.41 Å². The Morgan fingerprint density at radius 2 is 1.77 bits per heavy atom. The van der Waals surface area contributed by atoms with Crippen molar-refractivity contribution in [3.8, 4) is 0 Å². The summed E-state index contributed by atoms with van der Waals surface area (Å²) in [7, 11) is 0. The van der Waals surface area contributed by atoms with Gasteiger partial charge in [0.25, 0.3) is 0 Å². The van der Waals surface area contributed by atoms with Crippen molar-refractivity contribution >= 4 is 10.9 Å². The molecule has 0 atom stereocenters. The summed E-state index contributed by atoms with van der Waals surface area (Å²) in [5, 5.41) is 4.84. The lowest BCUT2D eigenvalue weighted by atomic mass is 9.88. The summed E-state index contributed by atoms with van der Waals surface area (Å²) in [6, 6.07) is 9.34. The zero-order chi connectivity index (χ0) is 16.5. The first kappa shape index (κ1) is 17.0. The molecule has 0 aliphatic rings. The number of pyridine rings is 1. The van der Waals surface area contributed by atoms with E-state index in [1.807, 2.05) is 0 Å². The van der Waals surface area contributed by atoms with Crippen LogP contribution in [0.1, 0.15) is 71.2 Å². The molecule has 1 N–H and O–H groups in total. The van der Waals surface area contributed by atoms with Gasteiger partial charge < -0.3 is 5.32 Å². The highest BCUT2D eigenvalue weighted by Crippen LogP contribution is 2.30. The second-order valence-corrected chi connectivity index (χ2v) is 7.85. The topological polar surface area (TPSA) is 24.9 Å². The molecule has 0 saturated carbocycles. The molecular weight excluding hydrogens is 268 g/mol. The van der Waals surface area contributed by atoms with Crippen molar-refractivity contribution in [3.05, 3.63) is 41.1 Å². The Labute approximate surface area is 135 Å². The van der Waals surface area contributed by atoms with E-state index >= 15 is 0 Å². The Morgan fingerprint density at radius 3 is 2.32 bits per heavy atom. The van der Waals surface area contributed by atoms with Gasteiger partial charge in [0.15, 0.2) is 0 Å². The van der Waals surface area contributed by atoms with Crippen molar-refractivity contribution < 1.29 is 0 Å². The number of hydrogen-bond acceptors (Lipinski definition) is 2. The number of nitrogens with zero attached hydrogens (tertiary/aromatic N) is 1. The number of aromatic nitrogens is 1. The van der Waals surface area contributed by atoms with Crippen molar-refractivity contribution in [2.45, 2.75) is 72.4 Å². The van der Waals surface area contributed by atoms with E-state index < -0.39 is 0 Å². The minimum atomic E-state index is 0.0604. The van der Waals surface area contributed by atoms with Crippen LogP contribution in [0.25, 0.3) is 10.9 Å². The van der Waals surface area contributed by atoms with Crippen LogP contribution >= 0.6 is 0 Å². The molecule has 0 fully saturated rings. The largest absolute Gasteiger partial charge is 0.310 e. The van der Waals surface area contributed by atoms with Crippen LogP contribution < -0.4 is 5.32 Å². The molecule has 2 rings (SSSR count). The molecule has 1 aromatic heterocycles. The highest BCUT2D eigenvalue weighted by molar-refractivity contribution is 5.86. The predicted octanol–water partition coefficient (Wildman–Crippen LogP) is 5.15. The van der Waals surface area contributed by atoms with Gasteiger partial charge in [-0.05, 0) is 23.1 Å². The molecule has 0 saturated heterocycles. The SMILES string of the molecule is CC(C)NCc1cc(C(C)(C)C)nc2c(C(C)C)cccc12. The van der Waals surface area contributed by atoms with Gasteiger partial charge in [-0.25, -0.2) is 0 Å². The molecule has 22 heavy (non-hydrogen) atoms. The molecule has 0 radical (unpaired) electrons. The predicted molar refractivity (Wildman–Crippen MR) is 96.5 cm³/mol. The van der Waals surface area contributed by atoms with Gasteiger partial charge >= 0.3 is 0 Å². The molecule has 0 amide bonds. The summed E-state index contributed by atoms with van der Waals surface area (Å²) in [6.45, 7) is 16.5. The molecule has 0 aliphatic carbocycles. The molecule has 1 heterocycles. The first-order chi connectivity index (χ1) is 10.2. The van der Waals surface area contributed by atoms with E-state index in [2.05, 4.69) is 78.0 Å². The summed E-state index contributed by atoms with van der Waals surface area (Å²) >= 11 is 0. The molecule has 2 aromatic rings. The fourth-order valence-electron chi connectivity index (χ4n) is 2.65. The van der Waals surface area contributed by atoms with Gasteiger partial charge in [0, 0.05) is 29.1 Å². The number of fused-ring (bicyclic) bond motifs is 1. The third-order valence-electron chi connectivity index (χ3n) is 4.05. The van der Waals surface area contributed by atoms with E-state index in [0.717, 1.165) is 6.54 Å². The fourth-order valence-corrected chi connectivity index (χ4v) is 2.65. The molecule has 0 spiro atoms. The van der Waals surface area contributed by atoms with Crippen LogP contribution in [0.2, 0.25) is 0 Å². The van der Waals surface area contributed by atoms with E-state index in [0.29, 0.717) is 12.0 Å². The van der Waals surface area contributed by atoms with Crippen molar-refractivity contribution in [2.24, 2.45) is 0 Å².